The van der Waals surface area contributed by atoms with Gasteiger partial charge in [-0.25, -0.2) is 4.79 Å². The summed E-state index contributed by atoms with van der Waals surface area (Å²) in [4.78, 5) is 14.0. The van der Waals surface area contributed by atoms with Gasteiger partial charge in [-0.2, -0.15) is 0 Å². The van der Waals surface area contributed by atoms with E-state index in [-0.39, 0.29) is 6.09 Å². The van der Waals surface area contributed by atoms with Crippen LogP contribution in [0.5, 0.6) is 0 Å². The monoisotopic (exact) mass is 325 g/mol. The number of nitrogens with zero attached hydrogens (tertiary/aromatic N) is 1. The minimum atomic E-state index is -0.174. The normalized spacial score (nSPS) is 10.5. The summed E-state index contributed by atoms with van der Waals surface area (Å²) in [5, 5.41) is 0. The molecule has 3 nitrogen and oxygen atoms in total. The Kier molecular flexibility index (Phi) is 16.6. The molecule has 0 aliphatic carbocycles. The van der Waals surface area contributed by atoms with Gasteiger partial charge in [-0.05, 0) is 12.8 Å². The van der Waals surface area contributed by atoms with Crippen LogP contribution in [0.25, 0.3) is 0 Å². The number of carbonyl (C=O) groups excluding carboxylic acids is 1. The molecule has 0 unspecified atom stereocenters. The first-order valence-corrected chi connectivity index (χ1v) is 9.78. The summed E-state index contributed by atoms with van der Waals surface area (Å²) in [6, 6.07) is 0. The lowest BCUT2D eigenvalue weighted by molar-refractivity contribution is 0.110. The predicted molar refractivity (Wildman–Crippen MR) is 99.9 cm³/mol. The molecule has 0 rings (SSSR count). The van der Waals surface area contributed by atoms with Crippen LogP contribution in [-0.4, -0.2) is 30.7 Å². The Labute approximate surface area is 144 Å². The Hall–Kier alpha value is -0.990. The Balaban J connectivity index is 3.93. The van der Waals surface area contributed by atoms with E-state index in [1.54, 1.807) is 6.08 Å². The van der Waals surface area contributed by atoms with E-state index in [0.717, 1.165) is 25.9 Å². The third-order valence-corrected chi connectivity index (χ3v) is 4.15. The molecule has 0 fully saturated rings. The highest BCUT2D eigenvalue weighted by molar-refractivity contribution is 5.67. The molecule has 0 aliphatic heterocycles. The standard InChI is InChI=1S/C20H39NO2/c1-4-7-9-11-13-15-17-21(20(22)23-19-6-3)18-16-14-12-10-8-5-2/h6H,3-5,7-19H2,1-2H3. The molecule has 136 valence electrons. The van der Waals surface area contributed by atoms with Gasteiger partial charge >= 0.3 is 6.09 Å². The lowest BCUT2D eigenvalue weighted by atomic mass is 10.1. The van der Waals surface area contributed by atoms with Crippen molar-refractivity contribution in [2.45, 2.75) is 90.9 Å². The fraction of sp³-hybridized carbons (Fsp3) is 0.850. The van der Waals surface area contributed by atoms with Crippen molar-refractivity contribution < 1.29 is 9.53 Å². The quantitative estimate of drug-likeness (QED) is 0.245. The van der Waals surface area contributed by atoms with Crippen molar-refractivity contribution in [3.8, 4) is 0 Å². The zero-order valence-corrected chi connectivity index (χ0v) is 15.7. The predicted octanol–water partition coefficient (Wildman–Crippen LogP) is 6.33. The summed E-state index contributed by atoms with van der Waals surface area (Å²) < 4.78 is 5.21. The van der Waals surface area contributed by atoms with Gasteiger partial charge in [-0.3, -0.25) is 0 Å². The van der Waals surface area contributed by atoms with Gasteiger partial charge < -0.3 is 9.64 Å². The van der Waals surface area contributed by atoms with E-state index in [9.17, 15) is 4.79 Å². The number of rotatable bonds is 16. The van der Waals surface area contributed by atoms with Crippen LogP contribution in [0.4, 0.5) is 4.79 Å². The molecule has 0 aromatic heterocycles. The van der Waals surface area contributed by atoms with Crippen molar-refractivity contribution in [3.63, 3.8) is 0 Å². The molecule has 0 aliphatic rings. The minimum absolute atomic E-state index is 0.174. The second kappa shape index (κ2) is 17.4. The highest BCUT2D eigenvalue weighted by atomic mass is 16.6. The molecule has 0 radical (unpaired) electrons. The Morgan fingerprint density at radius 1 is 0.826 bits per heavy atom. The van der Waals surface area contributed by atoms with Crippen LogP contribution in [0, 0.1) is 0 Å². The highest BCUT2D eigenvalue weighted by Gasteiger charge is 2.13. The first-order chi connectivity index (χ1) is 11.3. The lowest BCUT2D eigenvalue weighted by Gasteiger charge is -2.22. The first kappa shape index (κ1) is 22.0. The van der Waals surface area contributed by atoms with Crippen LogP contribution in [0.2, 0.25) is 0 Å². The molecule has 0 atom stereocenters. The molecular weight excluding hydrogens is 286 g/mol. The zero-order valence-electron chi connectivity index (χ0n) is 15.7. The van der Waals surface area contributed by atoms with Crippen molar-refractivity contribution in [1.29, 1.82) is 0 Å². The molecule has 0 saturated carbocycles. The largest absolute Gasteiger partial charge is 0.445 e. The second-order valence-corrected chi connectivity index (χ2v) is 6.39. The summed E-state index contributed by atoms with van der Waals surface area (Å²) in [5.74, 6) is 0. The third-order valence-electron chi connectivity index (χ3n) is 4.15. The number of unbranched alkanes of at least 4 members (excludes halogenated alkanes) is 10. The summed E-state index contributed by atoms with van der Waals surface area (Å²) in [7, 11) is 0. The average molecular weight is 326 g/mol. The maximum Gasteiger partial charge on any atom is 0.410 e. The fourth-order valence-electron chi connectivity index (χ4n) is 2.68. The van der Waals surface area contributed by atoms with Crippen molar-refractivity contribution >= 4 is 6.09 Å². The zero-order chi connectivity index (χ0) is 17.2. The number of ether oxygens (including phenoxy) is 1. The molecular formula is C20H39NO2. The van der Waals surface area contributed by atoms with Gasteiger partial charge in [-0.1, -0.05) is 90.7 Å². The van der Waals surface area contributed by atoms with Crippen LogP contribution in [0.1, 0.15) is 90.9 Å². The Morgan fingerprint density at radius 2 is 1.26 bits per heavy atom. The van der Waals surface area contributed by atoms with Gasteiger partial charge in [0, 0.05) is 13.1 Å². The smallest absolute Gasteiger partial charge is 0.410 e. The van der Waals surface area contributed by atoms with E-state index < -0.39 is 0 Å². The SMILES string of the molecule is C=CCOC(=O)N(CCCCCCCC)CCCCCCCC. The third kappa shape index (κ3) is 14.3. The molecule has 0 aromatic rings. The minimum Gasteiger partial charge on any atom is -0.445 e. The van der Waals surface area contributed by atoms with Crippen molar-refractivity contribution in [2.75, 3.05) is 19.7 Å². The summed E-state index contributed by atoms with van der Waals surface area (Å²) in [6.45, 7) is 10.0. The number of amides is 1. The van der Waals surface area contributed by atoms with E-state index in [0.29, 0.717) is 6.61 Å². The molecule has 0 heterocycles. The average Bonchev–Trinajstić information content (AvgIpc) is 2.56. The van der Waals surface area contributed by atoms with Gasteiger partial charge in [0.25, 0.3) is 0 Å². The van der Waals surface area contributed by atoms with Gasteiger partial charge in [0.1, 0.15) is 6.61 Å². The van der Waals surface area contributed by atoms with Crippen LogP contribution in [0.3, 0.4) is 0 Å². The lowest BCUT2D eigenvalue weighted by Crippen LogP contribution is -2.33. The summed E-state index contributed by atoms with van der Waals surface area (Å²) in [6.07, 6.45) is 16.4. The fourth-order valence-corrected chi connectivity index (χ4v) is 2.68. The van der Waals surface area contributed by atoms with Crippen molar-refractivity contribution in [3.05, 3.63) is 12.7 Å². The molecule has 0 aromatic carbocycles. The van der Waals surface area contributed by atoms with E-state index in [1.807, 2.05) is 4.90 Å². The molecule has 0 saturated heterocycles. The van der Waals surface area contributed by atoms with E-state index >= 15 is 0 Å². The molecule has 0 N–H and O–H groups in total. The van der Waals surface area contributed by atoms with E-state index in [2.05, 4.69) is 20.4 Å². The summed E-state index contributed by atoms with van der Waals surface area (Å²) >= 11 is 0. The van der Waals surface area contributed by atoms with Crippen LogP contribution in [0.15, 0.2) is 12.7 Å². The molecule has 0 bridgehead atoms. The Bertz CT molecular complexity index is 263. The second-order valence-electron chi connectivity index (χ2n) is 6.39. The molecule has 3 heteroatoms. The molecule has 0 spiro atoms. The maximum atomic E-state index is 12.1. The van der Waals surface area contributed by atoms with Crippen LogP contribution >= 0.6 is 0 Å². The summed E-state index contributed by atoms with van der Waals surface area (Å²) in [5.41, 5.74) is 0. The Morgan fingerprint density at radius 3 is 1.70 bits per heavy atom. The van der Waals surface area contributed by atoms with Crippen LogP contribution in [-0.2, 0) is 4.74 Å². The number of carbonyl (C=O) groups is 1. The van der Waals surface area contributed by atoms with Crippen molar-refractivity contribution in [1.82, 2.24) is 4.90 Å². The first-order valence-electron chi connectivity index (χ1n) is 9.78. The van der Waals surface area contributed by atoms with E-state index in [1.165, 1.54) is 64.2 Å². The highest BCUT2D eigenvalue weighted by Crippen LogP contribution is 2.10. The van der Waals surface area contributed by atoms with Gasteiger partial charge in [0.15, 0.2) is 0 Å². The van der Waals surface area contributed by atoms with Crippen molar-refractivity contribution in [2.24, 2.45) is 0 Å². The molecule has 1 amide bonds. The van der Waals surface area contributed by atoms with Crippen LogP contribution < -0.4 is 0 Å². The van der Waals surface area contributed by atoms with E-state index in [4.69, 9.17) is 4.74 Å². The van der Waals surface area contributed by atoms with Gasteiger partial charge in [0.05, 0.1) is 0 Å². The number of hydrogen-bond acceptors (Lipinski definition) is 2. The number of hydrogen-bond donors (Lipinski definition) is 0. The topological polar surface area (TPSA) is 29.5 Å². The van der Waals surface area contributed by atoms with Gasteiger partial charge in [0.2, 0.25) is 0 Å². The van der Waals surface area contributed by atoms with Gasteiger partial charge in [-0.15, -0.1) is 0 Å². The maximum absolute atomic E-state index is 12.1. The molecule has 23 heavy (non-hydrogen) atoms.